The summed E-state index contributed by atoms with van der Waals surface area (Å²) in [5.74, 6) is 0.865. The van der Waals surface area contributed by atoms with Crippen LogP contribution in [0.3, 0.4) is 0 Å². The minimum absolute atomic E-state index is 0.297. The first-order chi connectivity index (χ1) is 7.18. The molecular formula is C10H12ClN3S. The third kappa shape index (κ3) is 2.21. The fourth-order valence-corrected chi connectivity index (χ4v) is 2.81. The van der Waals surface area contributed by atoms with Gasteiger partial charge in [0.15, 0.2) is 0 Å². The highest BCUT2D eigenvalue weighted by Crippen LogP contribution is 2.21. The number of thiophene rings is 1. The van der Waals surface area contributed by atoms with Crippen molar-refractivity contribution in [3.8, 4) is 0 Å². The molecule has 2 aromatic rings. The number of aryl methyl sites for hydroxylation is 1. The van der Waals surface area contributed by atoms with Crippen LogP contribution in [-0.4, -0.2) is 14.8 Å². The monoisotopic (exact) mass is 241 g/mol. The van der Waals surface area contributed by atoms with Gasteiger partial charge in [-0.05, 0) is 36.9 Å². The lowest BCUT2D eigenvalue weighted by Crippen LogP contribution is -2.09. The van der Waals surface area contributed by atoms with Gasteiger partial charge in [0.2, 0.25) is 5.28 Å². The maximum Gasteiger partial charge on any atom is 0.225 e. The van der Waals surface area contributed by atoms with Crippen LogP contribution in [0.25, 0.3) is 0 Å². The van der Waals surface area contributed by atoms with Gasteiger partial charge in [-0.25, -0.2) is 0 Å². The van der Waals surface area contributed by atoms with E-state index in [9.17, 15) is 0 Å². The molecule has 5 heteroatoms. The van der Waals surface area contributed by atoms with Crippen LogP contribution in [0.2, 0.25) is 5.28 Å². The summed E-state index contributed by atoms with van der Waals surface area (Å²) in [6.07, 6.45) is 0.969. The van der Waals surface area contributed by atoms with Crippen molar-refractivity contribution >= 4 is 22.9 Å². The number of rotatable bonds is 3. The molecule has 2 aromatic heterocycles. The molecule has 2 heterocycles. The van der Waals surface area contributed by atoms with E-state index in [2.05, 4.69) is 34.6 Å². The van der Waals surface area contributed by atoms with Gasteiger partial charge in [-0.3, -0.25) is 4.57 Å². The zero-order valence-electron chi connectivity index (χ0n) is 8.64. The predicted octanol–water partition coefficient (Wildman–Crippen LogP) is 3.11. The van der Waals surface area contributed by atoms with Crippen molar-refractivity contribution in [3.05, 3.63) is 33.5 Å². The van der Waals surface area contributed by atoms with E-state index < -0.39 is 0 Å². The highest BCUT2D eigenvalue weighted by atomic mass is 35.5. The van der Waals surface area contributed by atoms with Crippen LogP contribution in [0.15, 0.2) is 17.5 Å². The van der Waals surface area contributed by atoms with Crippen molar-refractivity contribution in [3.63, 3.8) is 0 Å². The van der Waals surface area contributed by atoms with E-state index >= 15 is 0 Å². The first-order valence-electron chi connectivity index (χ1n) is 4.78. The topological polar surface area (TPSA) is 30.7 Å². The lowest BCUT2D eigenvalue weighted by molar-refractivity contribution is 0.534. The van der Waals surface area contributed by atoms with Crippen molar-refractivity contribution < 1.29 is 0 Å². The Balaban J connectivity index is 2.18. The summed E-state index contributed by atoms with van der Waals surface area (Å²) < 4.78 is 1.96. The van der Waals surface area contributed by atoms with Gasteiger partial charge in [0.25, 0.3) is 0 Å². The summed E-state index contributed by atoms with van der Waals surface area (Å²) >= 11 is 7.74. The summed E-state index contributed by atoms with van der Waals surface area (Å²) in [4.78, 5) is 1.35. The number of halogens is 1. The molecule has 0 saturated heterocycles. The van der Waals surface area contributed by atoms with E-state index in [1.807, 2.05) is 11.5 Å². The van der Waals surface area contributed by atoms with Crippen LogP contribution in [0.4, 0.5) is 0 Å². The second kappa shape index (κ2) is 4.33. The maximum absolute atomic E-state index is 5.97. The first kappa shape index (κ1) is 10.6. The van der Waals surface area contributed by atoms with Crippen LogP contribution in [0.5, 0.6) is 0 Å². The molecule has 2 rings (SSSR count). The Morgan fingerprint density at radius 1 is 1.53 bits per heavy atom. The summed E-state index contributed by atoms with van der Waals surface area (Å²) in [7, 11) is 0. The van der Waals surface area contributed by atoms with E-state index in [0.717, 1.165) is 12.2 Å². The molecule has 0 aliphatic rings. The summed E-state index contributed by atoms with van der Waals surface area (Å²) in [5.41, 5.74) is 0. The lowest BCUT2D eigenvalue weighted by atomic mass is 10.2. The molecule has 15 heavy (non-hydrogen) atoms. The van der Waals surface area contributed by atoms with Crippen molar-refractivity contribution in [1.82, 2.24) is 14.8 Å². The van der Waals surface area contributed by atoms with Gasteiger partial charge in [-0.2, -0.15) is 0 Å². The van der Waals surface area contributed by atoms with Gasteiger partial charge in [0, 0.05) is 17.3 Å². The zero-order valence-corrected chi connectivity index (χ0v) is 10.2. The first-order valence-corrected chi connectivity index (χ1v) is 6.03. The fourth-order valence-electron chi connectivity index (χ4n) is 1.66. The molecule has 0 amide bonds. The molecule has 1 atom stereocenters. The van der Waals surface area contributed by atoms with Crippen LogP contribution >= 0.6 is 22.9 Å². The molecule has 0 fully saturated rings. The van der Waals surface area contributed by atoms with Gasteiger partial charge in [-0.1, -0.05) is 6.07 Å². The Bertz CT molecular complexity index is 416. The van der Waals surface area contributed by atoms with Gasteiger partial charge in [0.05, 0.1) is 0 Å². The average Bonchev–Trinajstić information content (AvgIpc) is 2.77. The molecule has 0 N–H and O–H groups in total. The minimum atomic E-state index is 0.297. The molecule has 80 valence electrons. The Morgan fingerprint density at radius 3 is 2.87 bits per heavy atom. The van der Waals surface area contributed by atoms with E-state index in [4.69, 9.17) is 11.6 Å². The zero-order chi connectivity index (χ0) is 10.8. The molecule has 0 saturated carbocycles. The fraction of sp³-hybridized carbons (Fsp3) is 0.400. The minimum Gasteiger partial charge on any atom is -0.299 e. The molecule has 0 aliphatic carbocycles. The second-order valence-corrected chi connectivity index (χ2v) is 4.89. The molecular weight excluding hydrogens is 230 g/mol. The summed E-state index contributed by atoms with van der Waals surface area (Å²) in [6.45, 7) is 4.05. The van der Waals surface area contributed by atoms with Crippen molar-refractivity contribution in [2.75, 3.05) is 0 Å². The SMILES string of the molecule is Cc1nnc(Cl)n1C(C)Cc1cccs1. The third-order valence-corrected chi connectivity index (χ3v) is 3.50. The predicted molar refractivity (Wildman–Crippen MR) is 62.5 cm³/mol. The highest BCUT2D eigenvalue weighted by Gasteiger charge is 2.13. The van der Waals surface area contributed by atoms with Gasteiger partial charge < -0.3 is 0 Å². The van der Waals surface area contributed by atoms with Crippen molar-refractivity contribution in [2.24, 2.45) is 0 Å². The van der Waals surface area contributed by atoms with Crippen LogP contribution < -0.4 is 0 Å². The number of hydrogen-bond donors (Lipinski definition) is 0. The second-order valence-electron chi connectivity index (χ2n) is 3.52. The van der Waals surface area contributed by atoms with E-state index in [-0.39, 0.29) is 0 Å². The standard InChI is InChI=1S/C10H12ClN3S/c1-7(6-9-4-3-5-15-9)14-8(2)12-13-10(14)11/h3-5,7H,6H2,1-2H3. The van der Waals surface area contributed by atoms with Gasteiger partial charge >= 0.3 is 0 Å². The summed E-state index contributed by atoms with van der Waals surface area (Å²) in [6, 6.07) is 4.49. The van der Waals surface area contributed by atoms with Crippen molar-refractivity contribution in [2.45, 2.75) is 26.3 Å². The Morgan fingerprint density at radius 2 is 2.33 bits per heavy atom. The third-order valence-electron chi connectivity index (χ3n) is 2.34. The van der Waals surface area contributed by atoms with Crippen LogP contribution in [0.1, 0.15) is 23.7 Å². The van der Waals surface area contributed by atoms with E-state index in [1.54, 1.807) is 11.3 Å². The van der Waals surface area contributed by atoms with Crippen LogP contribution in [0, 0.1) is 6.92 Å². The highest BCUT2D eigenvalue weighted by molar-refractivity contribution is 7.09. The normalized spacial score (nSPS) is 13.0. The van der Waals surface area contributed by atoms with Crippen molar-refractivity contribution in [1.29, 1.82) is 0 Å². The van der Waals surface area contributed by atoms with E-state index in [0.29, 0.717) is 11.3 Å². The molecule has 3 nitrogen and oxygen atoms in total. The molecule has 0 radical (unpaired) electrons. The van der Waals surface area contributed by atoms with Gasteiger partial charge in [-0.15, -0.1) is 21.5 Å². The van der Waals surface area contributed by atoms with E-state index in [1.165, 1.54) is 4.88 Å². The van der Waals surface area contributed by atoms with Gasteiger partial charge in [0.1, 0.15) is 5.82 Å². The number of aromatic nitrogens is 3. The Labute approximate surface area is 97.7 Å². The molecule has 0 spiro atoms. The number of nitrogens with zero attached hydrogens (tertiary/aromatic N) is 3. The Hall–Kier alpha value is -0.870. The average molecular weight is 242 g/mol. The Kier molecular flexibility index (Phi) is 3.07. The van der Waals surface area contributed by atoms with Crippen LogP contribution in [-0.2, 0) is 6.42 Å². The quantitative estimate of drug-likeness (QED) is 0.827. The summed E-state index contributed by atoms with van der Waals surface area (Å²) in [5, 5.41) is 10.4. The smallest absolute Gasteiger partial charge is 0.225 e. The maximum atomic E-state index is 5.97. The largest absolute Gasteiger partial charge is 0.299 e. The number of hydrogen-bond acceptors (Lipinski definition) is 3. The molecule has 0 aromatic carbocycles. The molecule has 0 bridgehead atoms. The molecule has 1 unspecified atom stereocenters. The lowest BCUT2D eigenvalue weighted by Gasteiger charge is -2.13. The molecule has 0 aliphatic heterocycles.